The molecule has 0 aromatic carbocycles. The summed E-state index contributed by atoms with van der Waals surface area (Å²) in [6.07, 6.45) is 2.46. The second kappa shape index (κ2) is 10.8. The van der Waals surface area contributed by atoms with Gasteiger partial charge < -0.3 is 15.5 Å². The molecule has 1 aliphatic rings. The van der Waals surface area contributed by atoms with Crippen LogP contribution in [-0.4, -0.2) is 50.3 Å². The van der Waals surface area contributed by atoms with Crippen LogP contribution in [0, 0.1) is 22.7 Å². The standard InChI is InChI=1S/C24H44BN3O3S/c1-21(2,12-23(5,6)25)14-26-19(29)17-10-16(28-31-9)11-18(17)20(30)27-15-22(3,4)13-24(7,8)32/h17-18,32H,10-15H2,1-9H3,(H,26,29)(H,27,30)/b28-16-. The van der Waals surface area contributed by atoms with Crippen molar-refractivity contribution in [2.24, 2.45) is 27.8 Å². The van der Waals surface area contributed by atoms with Crippen molar-refractivity contribution in [2.75, 3.05) is 20.2 Å². The zero-order chi connectivity index (χ0) is 25.0. The Kier molecular flexibility index (Phi) is 9.77. The third-order valence-corrected chi connectivity index (χ3v) is 5.78. The number of rotatable bonds is 11. The summed E-state index contributed by atoms with van der Waals surface area (Å²) < 4.78 is -0.132. The molecular weight excluding hydrogens is 421 g/mol. The van der Waals surface area contributed by atoms with Gasteiger partial charge in [0.2, 0.25) is 11.8 Å². The van der Waals surface area contributed by atoms with Crippen LogP contribution in [0.5, 0.6) is 0 Å². The fraction of sp³-hybridized carbons (Fsp3) is 0.875. The van der Waals surface area contributed by atoms with E-state index in [1.54, 1.807) is 0 Å². The minimum Gasteiger partial charge on any atom is -0.399 e. The molecule has 2 unspecified atom stereocenters. The van der Waals surface area contributed by atoms with Gasteiger partial charge in [0.15, 0.2) is 0 Å². The summed E-state index contributed by atoms with van der Waals surface area (Å²) in [4.78, 5) is 31.1. The molecule has 2 N–H and O–H groups in total. The molecule has 0 bridgehead atoms. The topological polar surface area (TPSA) is 79.8 Å². The molecule has 1 fully saturated rings. The van der Waals surface area contributed by atoms with E-state index in [4.69, 9.17) is 12.7 Å². The maximum atomic E-state index is 13.1. The number of thiol groups is 1. The molecule has 1 rings (SSSR count). The fourth-order valence-corrected chi connectivity index (χ4v) is 5.50. The summed E-state index contributed by atoms with van der Waals surface area (Å²) in [6, 6.07) is 0. The highest BCUT2D eigenvalue weighted by Gasteiger charge is 2.42. The van der Waals surface area contributed by atoms with Crippen LogP contribution in [0.15, 0.2) is 5.16 Å². The minimum atomic E-state index is -0.463. The Hall–Kier alpha value is -1.18. The first kappa shape index (κ1) is 28.9. The normalized spacial score (nSPS) is 21.5. The molecule has 32 heavy (non-hydrogen) atoms. The molecule has 0 spiro atoms. The molecule has 1 saturated carbocycles. The van der Waals surface area contributed by atoms with E-state index < -0.39 is 11.8 Å². The van der Waals surface area contributed by atoms with Crippen molar-refractivity contribution in [3.63, 3.8) is 0 Å². The third kappa shape index (κ3) is 10.6. The summed E-state index contributed by atoms with van der Waals surface area (Å²) in [7, 11) is 7.65. The van der Waals surface area contributed by atoms with Crippen molar-refractivity contribution in [1.82, 2.24) is 10.6 Å². The van der Waals surface area contributed by atoms with Gasteiger partial charge in [-0.25, -0.2) is 0 Å². The van der Waals surface area contributed by atoms with Crippen molar-refractivity contribution >= 4 is 38.0 Å². The summed E-state index contributed by atoms with van der Waals surface area (Å²) >= 11 is 4.63. The van der Waals surface area contributed by atoms with Gasteiger partial charge in [-0.05, 0) is 23.7 Å². The highest BCUT2D eigenvalue weighted by atomic mass is 32.1. The Morgan fingerprint density at radius 1 is 0.938 bits per heavy atom. The third-order valence-electron chi connectivity index (χ3n) is 5.62. The highest BCUT2D eigenvalue weighted by Crippen LogP contribution is 2.37. The molecule has 0 heterocycles. The monoisotopic (exact) mass is 465 g/mol. The molecule has 2 atom stereocenters. The van der Waals surface area contributed by atoms with Gasteiger partial charge in [-0.3, -0.25) is 9.59 Å². The predicted octanol–water partition coefficient (Wildman–Crippen LogP) is 4.16. The lowest BCUT2D eigenvalue weighted by molar-refractivity contribution is -0.134. The Labute approximate surface area is 202 Å². The Bertz CT molecular complexity index is 640. The average molecular weight is 466 g/mol. The number of carbonyl (C=O) groups excluding carboxylic acids is 2. The lowest BCUT2D eigenvalue weighted by atomic mass is 9.63. The average Bonchev–Trinajstić information content (AvgIpc) is 2.98. The lowest BCUT2D eigenvalue weighted by Gasteiger charge is -2.33. The summed E-state index contributed by atoms with van der Waals surface area (Å²) in [5.74, 6) is -1.16. The van der Waals surface area contributed by atoms with Gasteiger partial charge in [0.1, 0.15) is 7.11 Å². The quantitative estimate of drug-likeness (QED) is 0.244. The molecule has 0 aliphatic heterocycles. The predicted molar refractivity (Wildman–Crippen MR) is 136 cm³/mol. The number of hydrogen-bond acceptors (Lipinski definition) is 5. The SMILES string of the molecule is [B]C(C)(C)CC(C)(C)CNC(=O)C1C/C(=N/OC)CC1C(=O)NCC(C)(C)CC(C)(C)S. The van der Waals surface area contributed by atoms with Crippen LogP contribution in [0.4, 0.5) is 0 Å². The number of oxime groups is 1. The first-order valence-electron chi connectivity index (χ1n) is 11.5. The van der Waals surface area contributed by atoms with Gasteiger partial charge in [0, 0.05) is 30.7 Å². The van der Waals surface area contributed by atoms with Crippen LogP contribution in [0.3, 0.4) is 0 Å². The summed E-state index contributed by atoms with van der Waals surface area (Å²) in [5, 5.41) is 9.84. The number of nitrogens with zero attached hydrogens (tertiary/aromatic N) is 1. The molecule has 0 saturated heterocycles. The van der Waals surface area contributed by atoms with Crippen LogP contribution in [0.25, 0.3) is 0 Å². The van der Waals surface area contributed by atoms with E-state index in [2.05, 4.69) is 70.0 Å². The van der Waals surface area contributed by atoms with Gasteiger partial charge in [-0.15, -0.1) is 0 Å². The van der Waals surface area contributed by atoms with Crippen LogP contribution < -0.4 is 10.6 Å². The largest absolute Gasteiger partial charge is 0.399 e. The molecular formula is C24H44BN3O3S. The zero-order valence-electron chi connectivity index (χ0n) is 21.6. The van der Waals surface area contributed by atoms with Crippen molar-refractivity contribution in [3.05, 3.63) is 0 Å². The van der Waals surface area contributed by atoms with E-state index in [1.165, 1.54) is 7.11 Å². The van der Waals surface area contributed by atoms with E-state index in [-0.39, 0.29) is 32.7 Å². The number of carbonyl (C=O) groups is 2. The number of nitrogens with one attached hydrogen (secondary N) is 2. The number of amides is 2. The molecule has 0 aromatic rings. The molecule has 0 aromatic heterocycles. The van der Waals surface area contributed by atoms with Crippen molar-refractivity contribution in [2.45, 2.75) is 91.1 Å². The lowest BCUT2D eigenvalue weighted by Crippen LogP contribution is -2.44. The van der Waals surface area contributed by atoms with Gasteiger partial charge >= 0.3 is 0 Å². The molecule has 8 heteroatoms. The smallest absolute Gasteiger partial charge is 0.224 e. The van der Waals surface area contributed by atoms with Gasteiger partial charge in [-0.1, -0.05) is 65.9 Å². The number of hydrogen-bond donors (Lipinski definition) is 3. The molecule has 6 nitrogen and oxygen atoms in total. The fourth-order valence-electron chi connectivity index (χ4n) is 5.07. The molecule has 182 valence electrons. The van der Waals surface area contributed by atoms with Gasteiger partial charge in [-0.2, -0.15) is 12.6 Å². The maximum absolute atomic E-state index is 13.1. The van der Waals surface area contributed by atoms with E-state index in [0.29, 0.717) is 25.9 Å². The van der Waals surface area contributed by atoms with Crippen LogP contribution in [0.2, 0.25) is 5.31 Å². The van der Waals surface area contributed by atoms with Crippen molar-refractivity contribution in [1.29, 1.82) is 0 Å². The Morgan fingerprint density at radius 3 is 1.69 bits per heavy atom. The second-order valence-electron chi connectivity index (χ2n) is 12.4. The van der Waals surface area contributed by atoms with E-state index in [1.807, 2.05) is 13.8 Å². The van der Waals surface area contributed by atoms with Crippen LogP contribution in [0.1, 0.15) is 81.1 Å². The maximum Gasteiger partial charge on any atom is 0.224 e. The van der Waals surface area contributed by atoms with Gasteiger partial charge in [0.25, 0.3) is 0 Å². The first-order valence-corrected chi connectivity index (χ1v) is 11.9. The molecule has 2 amide bonds. The Morgan fingerprint density at radius 2 is 1.34 bits per heavy atom. The van der Waals surface area contributed by atoms with Crippen LogP contribution >= 0.6 is 12.6 Å². The van der Waals surface area contributed by atoms with Crippen molar-refractivity contribution < 1.29 is 14.4 Å². The second-order valence-corrected chi connectivity index (χ2v) is 13.6. The van der Waals surface area contributed by atoms with Crippen molar-refractivity contribution in [3.8, 4) is 0 Å². The minimum absolute atomic E-state index is 0.111. The molecule has 2 radical (unpaired) electrons. The van der Waals surface area contributed by atoms with E-state index in [0.717, 1.165) is 18.6 Å². The molecule has 1 aliphatic carbocycles. The summed E-state index contributed by atoms with van der Waals surface area (Å²) in [6.45, 7) is 17.5. The first-order chi connectivity index (χ1) is 14.3. The highest BCUT2D eigenvalue weighted by molar-refractivity contribution is 7.81. The summed E-state index contributed by atoms with van der Waals surface area (Å²) in [5.41, 5.74) is 0.475. The van der Waals surface area contributed by atoms with E-state index in [9.17, 15) is 9.59 Å². The Balaban J connectivity index is 2.84. The van der Waals surface area contributed by atoms with Gasteiger partial charge in [0.05, 0.1) is 25.4 Å². The van der Waals surface area contributed by atoms with Crippen LogP contribution in [-0.2, 0) is 14.4 Å². The van der Waals surface area contributed by atoms with E-state index >= 15 is 0 Å². The zero-order valence-corrected chi connectivity index (χ0v) is 22.5.